The number of piperidine rings is 1. The van der Waals surface area contributed by atoms with Crippen LogP contribution in [-0.4, -0.2) is 31.5 Å². The molecule has 0 unspecified atom stereocenters. The van der Waals surface area contributed by atoms with Gasteiger partial charge < -0.3 is 20.3 Å². The number of fused-ring (bicyclic) bond motifs is 1. The van der Waals surface area contributed by atoms with Gasteiger partial charge in [-0.2, -0.15) is 0 Å². The number of ether oxygens (including phenoxy) is 1. The number of hydrogen-bond acceptors (Lipinski definition) is 4. The number of carbonyl (C=O) groups is 2. The summed E-state index contributed by atoms with van der Waals surface area (Å²) in [6, 6.07) is 13.5. The maximum Gasteiger partial charge on any atom is 0.262 e. The van der Waals surface area contributed by atoms with Gasteiger partial charge >= 0.3 is 0 Å². The number of carbonyl (C=O) groups excluding carboxylic acids is 2. The van der Waals surface area contributed by atoms with Gasteiger partial charge in [0.15, 0.2) is 6.61 Å². The lowest BCUT2D eigenvalue weighted by Gasteiger charge is -2.33. The van der Waals surface area contributed by atoms with Gasteiger partial charge in [-0.1, -0.05) is 22.0 Å². The normalized spacial score (nSPS) is 16.9. The Labute approximate surface area is 166 Å². The molecule has 27 heavy (non-hydrogen) atoms. The van der Waals surface area contributed by atoms with Crippen molar-refractivity contribution in [2.24, 2.45) is 5.92 Å². The molecular weight excluding hydrogens is 410 g/mol. The molecule has 6 nitrogen and oxygen atoms in total. The summed E-state index contributed by atoms with van der Waals surface area (Å²) in [6.45, 7) is 1.72. The molecule has 2 aromatic rings. The van der Waals surface area contributed by atoms with Crippen molar-refractivity contribution < 1.29 is 14.3 Å². The van der Waals surface area contributed by atoms with Crippen molar-refractivity contribution in [1.29, 1.82) is 0 Å². The molecule has 2 amide bonds. The van der Waals surface area contributed by atoms with E-state index in [0.717, 1.165) is 30.4 Å². The molecule has 2 aliphatic rings. The highest BCUT2D eigenvalue weighted by Gasteiger charge is 2.26. The second kappa shape index (κ2) is 7.60. The highest BCUT2D eigenvalue weighted by atomic mass is 79.9. The molecule has 0 aromatic heterocycles. The van der Waals surface area contributed by atoms with Crippen LogP contribution in [0, 0.1) is 5.92 Å². The summed E-state index contributed by atoms with van der Waals surface area (Å²) in [7, 11) is 0. The Kier molecular flexibility index (Phi) is 5.03. The van der Waals surface area contributed by atoms with Crippen molar-refractivity contribution in [1.82, 2.24) is 0 Å². The van der Waals surface area contributed by atoms with Gasteiger partial charge in [-0.25, -0.2) is 0 Å². The molecule has 0 radical (unpaired) electrons. The van der Waals surface area contributed by atoms with Crippen LogP contribution >= 0.6 is 15.9 Å². The van der Waals surface area contributed by atoms with Crippen molar-refractivity contribution in [3.8, 4) is 5.75 Å². The fraction of sp³-hybridized carbons (Fsp3) is 0.300. The van der Waals surface area contributed by atoms with Gasteiger partial charge in [0.1, 0.15) is 5.75 Å². The zero-order valence-corrected chi connectivity index (χ0v) is 16.3. The van der Waals surface area contributed by atoms with Crippen molar-refractivity contribution in [2.75, 3.05) is 35.2 Å². The van der Waals surface area contributed by atoms with E-state index in [9.17, 15) is 9.59 Å². The summed E-state index contributed by atoms with van der Waals surface area (Å²) in [5, 5.41) is 5.72. The number of halogens is 1. The van der Waals surface area contributed by atoms with Crippen LogP contribution in [0.2, 0.25) is 0 Å². The molecule has 0 saturated carbocycles. The Balaban J connectivity index is 1.36. The molecule has 1 fully saturated rings. The van der Waals surface area contributed by atoms with E-state index in [-0.39, 0.29) is 24.3 Å². The van der Waals surface area contributed by atoms with E-state index in [1.807, 2.05) is 12.1 Å². The van der Waals surface area contributed by atoms with Crippen molar-refractivity contribution in [3.63, 3.8) is 0 Å². The van der Waals surface area contributed by atoms with E-state index < -0.39 is 0 Å². The minimum Gasteiger partial charge on any atom is -0.482 e. The molecule has 0 bridgehead atoms. The zero-order chi connectivity index (χ0) is 18.8. The Morgan fingerprint density at radius 3 is 2.78 bits per heavy atom. The van der Waals surface area contributed by atoms with E-state index in [2.05, 4.69) is 43.6 Å². The number of nitrogens with one attached hydrogen (secondary N) is 2. The molecule has 0 spiro atoms. The second-order valence-electron chi connectivity index (χ2n) is 6.78. The molecule has 0 atom stereocenters. The fourth-order valence-electron chi connectivity index (χ4n) is 3.48. The molecular formula is C20H20BrN3O3. The van der Waals surface area contributed by atoms with Crippen LogP contribution in [0.5, 0.6) is 5.75 Å². The Hall–Kier alpha value is -2.54. The summed E-state index contributed by atoms with van der Waals surface area (Å²) in [6.07, 6.45) is 1.62. The molecule has 2 N–H and O–H groups in total. The first kappa shape index (κ1) is 17.9. The molecule has 0 aliphatic carbocycles. The smallest absolute Gasteiger partial charge is 0.262 e. The Morgan fingerprint density at radius 1 is 1.19 bits per heavy atom. The topological polar surface area (TPSA) is 70.7 Å². The number of rotatable bonds is 3. The lowest BCUT2D eigenvalue weighted by atomic mass is 9.95. The van der Waals surface area contributed by atoms with E-state index in [1.54, 1.807) is 18.2 Å². The summed E-state index contributed by atoms with van der Waals surface area (Å²) < 4.78 is 6.40. The monoisotopic (exact) mass is 429 g/mol. The van der Waals surface area contributed by atoms with E-state index in [4.69, 9.17) is 4.74 Å². The van der Waals surface area contributed by atoms with Gasteiger partial charge in [-0.05, 0) is 49.2 Å². The fourth-order valence-corrected chi connectivity index (χ4v) is 3.87. The van der Waals surface area contributed by atoms with Crippen molar-refractivity contribution in [2.45, 2.75) is 12.8 Å². The molecule has 4 rings (SSSR count). The predicted molar refractivity (Wildman–Crippen MR) is 108 cm³/mol. The van der Waals surface area contributed by atoms with Crippen LogP contribution in [-0.2, 0) is 9.59 Å². The Morgan fingerprint density at radius 2 is 2.00 bits per heavy atom. The molecule has 2 aromatic carbocycles. The molecule has 2 heterocycles. The van der Waals surface area contributed by atoms with E-state index in [0.29, 0.717) is 17.1 Å². The van der Waals surface area contributed by atoms with Crippen LogP contribution < -0.4 is 20.3 Å². The average molecular weight is 430 g/mol. The summed E-state index contributed by atoms with van der Waals surface area (Å²) in [4.78, 5) is 26.4. The summed E-state index contributed by atoms with van der Waals surface area (Å²) in [5.41, 5.74) is 2.43. The number of amides is 2. The predicted octanol–water partition coefficient (Wildman–Crippen LogP) is 3.64. The largest absolute Gasteiger partial charge is 0.482 e. The maximum absolute atomic E-state index is 12.6. The number of hydrogen-bond donors (Lipinski definition) is 2. The van der Waals surface area contributed by atoms with Crippen molar-refractivity contribution >= 4 is 44.8 Å². The minimum absolute atomic E-state index is 0.0183. The average Bonchev–Trinajstić information content (AvgIpc) is 2.68. The van der Waals surface area contributed by atoms with Crippen LogP contribution in [0.25, 0.3) is 0 Å². The van der Waals surface area contributed by atoms with Gasteiger partial charge in [0, 0.05) is 34.9 Å². The highest BCUT2D eigenvalue weighted by molar-refractivity contribution is 9.10. The van der Waals surface area contributed by atoms with Crippen LogP contribution in [0.3, 0.4) is 0 Å². The van der Waals surface area contributed by atoms with Crippen LogP contribution in [0.4, 0.5) is 17.1 Å². The van der Waals surface area contributed by atoms with Gasteiger partial charge in [0.25, 0.3) is 5.91 Å². The third-order valence-corrected chi connectivity index (χ3v) is 5.41. The quantitative estimate of drug-likeness (QED) is 0.781. The zero-order valence-electron chi connectivity index (χ0n) is 14.7. The highest BCUT2D eigenvalue weighted by Crippen LogP contribution is 2.31. The van der Waals surface area contributed by atoms with Crippen LogP contribution in [0.15, 0.2) is 46.9 Å². The van der Waals surface area contributed by atoms with Gasteiger partial charge in [0.05, 0.1) is 5.69 Å². The lowest BCUT2D eigenvalue weighted by molar-refractivity contribution is -0.120. The number of nitrogens with zero attached hydrogens (tertiary/aromatic N) is 1. The maximum atomic E-state index is 12.6. The second-order valence-corrected chi connectivity index (χ2v) is 7.69. The standard InChI is InChI=1S/C20H20BrN3O3/c21-14-2-1-3-16(10-14)24-8-6-13(7-9-24)20(26)22-15-4-5-18-17(11-15)23-19(25)12-27-18/h1-5,10-11,13H,6-9,12H2,(H,22,26)(H,23,25). The number of benzene rings is 2. The first-order chi connectivity index (χ1) is 13.1. The minimum atomic E-state index is -0.189. The van der Waals surface area contributed by atoms with Crippen molar-refractivity contribution in [3.05, 3.63) is 46.9 Å². The lowest BCUT2D eigenvalue weighted by Crippen LogP contribution is -2.38. The third kappa shape index (κ3) is 4.08. The first-order valence-corrected chi connectivity index (χ1v) is 9.76. The van der Waals surface area contributed by atoms with Crippen LogP contribution in [0.1, 0.15) is 12.8 Å². The van der Waals surface area contributed by atoms with E-state index in [1.165, 1.54) is 5.69 Å². The van der Waals surface area contributed by atoms with Gasteiger partial charge in [-0.15, -0.1) is 0 Å². The SMILES string of the molecule is O=C1COc2ccc(NC(=O)C3CCN(c4cccc(Br)c4)CC3)cc2N1. The molecule has 7 heteroatoms. The third-order valence-electron chi connectivity index (χ3n) is 4.92. The Bertz CT molecular complexity index is 879. The van der Waals surface area contributed by atoms with Gasteiger partial charge in [0.2, 0.25) is 5.91 Å². The molecule has 140 valence electrons. The summed E-state index contributed by atoms with van der Waals surface area (Å²) in [5.74, 6) is 0.433. The van der Waals surface area contributed by atoms with E-state index >= 15 is 0 Å². The first-order valence-electron chi connectivity index (χ1n) is 8.96. The van der Waals surface area contributed by atoms with Gasteiger partial charge in [-0.3, -0.25) is 9.59 Å². The molecule has 2 aliphatic heterocycles. The summed E-state index contributed by atoms with van der Waals surface area (Å²) >= 11 is 3.50. The molecule has 1 saturated heterocycles. The number of anilines is 3.